The topological polar surface area (TPSA) is 220 Å². The van der Waals surface area contributed by atoms with Crippen molar-refractivity contribution in [3.8, 4) is 0 Å². The third kappa shape index (κ3) is 16.8. The number of anilines is 2. The zero-order chi connectivity index (χ0) is 57.1. The van der Waals surface area contributed by atoms with Crippen molar-refractivity contribution < 1.29 is 62.0 Å². The van der Waals surface area contributed by atoms with Gasteiger partial charge in [0.1, 0.15) is 35.9 Å². The number of aromatic nitrogens is 2. The minimum atomic E-state index is -1.49. The average molecular weight is 1100 g/mol. The van der Waals surface area contributed by atoms with Gasteiger partial charge in [-0.05, 0) is 86.5 Å². The normalized spacial score (nSPS) is 27.6. The molecule has 7 rings (SSSR count). The summed E-state index contributed by atoms with van der Waals surface area (Å²) in [6.07, 6.45) is 2.58. The van der Waals surface area contributed by atoms with E-state index in [4.69, 9.17) is 33.4 Å². The van der Waals surface area contributed by atoms with Crippen molar-refractivity contribution in [3.63, 3.8) is 0 Å². The molecule has 0 aromatic carbocycles. The van der Waals surface area contributed by atoms with Crippen molar-refractivity contribution in [2.24, 2.45) is 23.7 Å². The molecule has 21 nitrogen and oxygen atoms in total. The first-order valence-electron chi connectivity index (χ1n) is 28.5. The van der Waals surface area contributed by atoms with Crippen LogP contribution in [0.1, 0.15) is 104 Å². The fraction of sp³-hybridized carbons (Fsp3) is 0.707. The Morgan fingerprint density at radius 2 is 0.911 bits per heavy atom. The van der Waals surface area contributed by atoms with Crippen LogP contribution in [0, 0.1) is 23.7 Å². The first-order chi connectivity index (χ1) is 37.7. The minimum Gasteiger partial charge on any atom is -0.451 e. The molecule has 0 unspecified atom stereocenters. The second-order valence-corrected chi connectivity index (χ2v) is 23.2. The van der Waals surface area contributed by atoms with Crippen LogP contribution >= 0.6 is 0 Å². The van der Waals surface area contributed by atoms with Crippen molar-refractivity contribution in [2.45, 2.75) is 154 Å². The molecule has 0 spiro atoms. The van der Waals surface area contributed by atoms with E-state index in [1.54, 1.807) is 19.4 Å². The van der Waals surface area contributed by atoms with Gasteiger partial charge in [0.25, 0.3) is 23.6 Å². The van der Waals surface area contributed by atoms with Gasteiger partial charge in [-0.25, -0.2) is 24.4 Å². The Morgan fingerprint density at radius 1 is 0.506 bits per heavy atom. The number of carbonyl (C=O) groups excluding carboxylic acids is 7. The van der Waals surface area contributed by atoms with E-state index in [1.807, 2.05) is 52.0 Å². The predicted octanol–water partition coefficient (Wildman–Crippen LogP) is 4.11. The molecule has 0 N–H and O–H groups in total. The molecule has 5 heterocycles. The number of pyridine rings is 2. The van der Waals surface area contributed by atoms with Crippen molar-refractivity contribution >= 4 is 53.2 Å². The highest BCUT2D eigenvalue weighted by atomic mass is 16.6. The van der Waals surface area contributed by atoms with Crippen molar-refractivity contribution in [2.75, 3.05) is 97.2 Å². The number of cyclic esters (lactones) is 3. The lowest BCUT2D eigenvalue weighted by atomic mass is 10.0. The number of ether oxygens (including phenoxy) is 6. The molecular formula is C58H86N8O13. The first-order valence-corrected chi connectivity index (χ1v) is 28.5. The summed E-state index contributed by atoms with van der Waals surface area (Å²) in [5.41, 5.74) is 1.27. The van der Waals surface area contributed by atoms with Crippen LogP contribution in [-0.2, 0) is 74.8 Å². The lowest BCUT2D eigenvalue weighted by Crippen LogP contribution is -2.54. The lowest BCUT2D eigenvalue weighted by molar-refractivity contribution is -0.174. The molecule has 5 fully saturated rings. The Balaban J connectivity index is 1.23. The van der Waals surface area contributed by atoms with Crippen LogP contribution in [0.4, 0.5) is 11.6 Å². The molecule has 0 radical (unpaired) electrons. The Kier molecular flexibility index (Phi) is 21.5. The largest absolute Gasteiger partial charge is 0.451 e. The second kappa shape index (κ2) is 28.0. The summed E-state index contributed by atoms with van der Waals surface area (Å²) < 4.78 is 35.9. The fourth-order valence-electron chi connectivity index (χ4n) is 10.5. The molecule has 3 aliphatic heterocycles. The van der Waals surface area contributed by atoms with Gasteiger partial charge in [-0.2, -0.15) is 0 Å². The number of amides is 4. The zero-order valence-corrected chi connectivity index (χ0v) is 48.2. The molecule has 21 heteroatoms. The molecular weight excluding hydrogens is 1020 g/mol. The maximum atomic E-state index is 15.0. The molecule has 8 atom stereocenters. The van der Waals surface area contributed by atoms with Crippen LogP contribution in [0.15, 0.2) is 36.7 Å². The fourth-order valence-corrected chi connectivity index (χ4v) is 10.5. The van der Waals surface area contributed by atoms with Crippen LogP contribution in [0.3, 0.4) is 0 Å². The molecule has 0 bridgehead atoms. The van der Waals surface area contributed by atoms with Gasteiger partial charge in [-0.1, -0.05) is 65.5 Å². The van der Waals surface area contributed by atoms with E-state index in [1.165, 1.54) is 54.6 Å². The van der Waals surface area contributed by atoms with E-state index in [0.717, 1.165) is 37.3 Å². The molecule has 5 aliphatic rings. The van der Waals surface area contributed by atoms with Gasteiger partial charge in [-0.3, -0.25) is 19.2 Å². The number of morpholine rings is 2. The number of carbonyl (C=O) groups is 7. The van der Waals surface area contributed by atoms with Gasteiger partial charge in [0.2, 0.25) is 0 Å². The molecule has 79 heavy (non-hydrogen) atoms. The van der Waals surface area contributed by atoms with E-state index < -0.39 is 90.1 Å². The Bertz CT molecular complexity index is 2390. The monoisotopic (exact) mass is 1100 g/mol. The quantitative estimate of drug-likeness (QED) is 0.192. The highest BCUT2D eigenvalue weighted by Crippen LogP contribution is 2.36. The zero-order valence-electron chi connectivity index (χ0n) is 48.2. The number of hydrogen-bond acceptors (Lipinski definition) is 17. The molecule has 3 saturated heterocycles. The van der Waals surface area contributed by atoms with Crippen LogP contribution in [0.5, 0.6) is 0 Å². The number of esters is 3. The average Bonchev–Trinajstić information content (AvgIpc) is 4.41. The Labute approximate surface area is 466 Å². The van der Waals surface area contributed by atoms with Crippen LogP contribution in [0.2, 0.25) is 0 Å². The van der Waals surface area contributed by atoms with Crippen LogP contribution < -0.4 is 9.80 Å². The number of rotatable bonds is 14. The van der Waals surface area contributed by atoms with Gasteiger partial charge in [0.15, 0.2) is 18.3 Å². The molecule has 436 valence electrons. The third-order valence-electron chi connectivity index (χ3n) is 15.8. The molecule has 2 saturated carbocycles. The van der Waals surface area contributed by atoms with Gasteiger partial charge >= 0.3 is 17.9 Å². The van der Waals surface area contributed by atoms with Gasteiger partial charge in [0, 0.05) is 79.6 Å². The number of nitrogens with zero attached hydrogens (tertiary/aromatic N) is 8. The standard InChI is InChI=1S/C58H86N8O13/c1-36(2)27-45-56(71)78-39(6)53(68)62(8)47(30-41-13-14-41)58(73)79-49(32-43-16-18-51(60-34-43)66-21-25-75-26-22-66)55(70)64(10)46(28-37(3)4)57(72)77-38(5)52(67)61(7)44(29-40-11-12-40)35-76-48(54(69)63(45)9)31-42-15-17-50(59-33-42)65-19-23-74-24-20-65/h15-18,33-34,36-41,44-49H,11-14,19-32,35H2,1-10H3/t38-,39-,44+,45+,46+,47+,48-,49-/m1/s1. The van der Waals surface area contributed by atoms with Crippen molar-refractivity contribution in [3.05, 3.63) is 47.8 Å². The summed E-state index contributed by atoms with van der Waals surface area (Å²) in [5.74, 6) is -3.25. The Morgan fingerprint density at radius 3 is 1.34 bits per heavy atom. The maximum Gasteiger partial charge on any atom is 0.329 e. The highest BCUT2D eigenvalue weighted by molar-refractivity contribution is 5.93. The molecule has 4 amide bonds. The summed E-state index contributed by atoms with van der Waals surface area (Å²) in [6, 6.07) is 3.33. The van der Waals surface area contributed by atoms with E-state index >= 15 is 0 Å². The second-order valence-electron chi connectivity index (χ2n) is 23.2. The van der Waals surface area contributed by atoms with E-state index in [2.05, 4.69) is 14.8 Å². The van der Waals surface area contributed by atoms with Gasteiger partial charge in [-0.15, -0.1) is 0 Å². The summed E-state index contributed by atoms with van der Waals surface area (Å²) in [7, 11) is 6.03. The van der Waals surface area contributed by atoms with Crippen molar-refractivity contribution in [1.29, 1.82) is 0 Å². The minimum absolute atomic E-state index is 0.0685. The molecule has 2 aromatic rings. The molecule has 2 aromatic heterocycles. The Hall–Kier alpha value is -5.93. The summed E-state index contributed by atoms with van der Waals surface area (Å²) in [4.78, 5) is 122. The van der Waals surface area contributed by atoms with E-state index in [9.17, 15) is 33.6 Å². The van der Waals surface area contributed by atoms with E-state index in [-0.39, 0.29) is 56.5 Å². The predicted molar refractivity (Wildman–Crippen MR) is 292 cm³/mol. The SMILES string of the molecule is CC(C)C[C@H]1C(=O)O[C@H](C)C(=O)N(C)[C@@H](CC2CC2)C(=O)O[C@H](Cc2ccc(N3CCOCC3)nc2)C(=O)N(C)[C@@H](CC(C)C)C(=O)O[C@H](C)C(=O)N(C)[C@@H](CC2CC2)CO[C@H](Cc2ccc(N3CCOCC3)nc2)C(=O)N1C. The van der Waals surface area contributed by atoms with Gasteiger partial charge < -0.3 is 57.8 Å². The summed E-state index contributed by atoms with van der Waals surface area (Å²) in [6.45, 7) is 15.5. The first kappa shape index (κ1) is 60.7. The van der Waals surface area contributed by atoms with Crippen molar-refractivity contribution in [1.82, 2.24) is 29.6 Å². The number of hydrogen-bond donors (Lipinski definition) is 0. The van der Waals surface area contributed by atoms with E-state index in [0.29, 0.717) is 76.1 Å². The summed E-state index contributed by atoms with van der Waals surface area (Å²) in [5, 5.41) is 0. The lowest BCUT2D eigenvalue weighted by Gasteiger charge is -2.35. The van der Waals surface area contributed by atoms with Crippen LogP contribution in [-0.4, -0.2) is 207 Å². The third-order valence-corrected chi connectivity index (χ3v) is 15.8. The highest BCUT2D eigenvalue weighted by Gasteiger charge is 2.43. The smallest absolute Gasteiger partial charge is 0.329 e. The summed E-state index contributed by atoms with van der Waals surface area (Å²) >= 11 is 0. The van der Waals surface area contributed by atoms with Crippen LogP contribution in [0.25, 0.3) is 0 Å². The number of likely N-dealkylation sites (N-methyl/N-ethyl adjacent to an activating group) is 4. The maximum absolute atomic E-state index is 15.0. The van der Waals surface area contributed by atoms with Gasteiger partial charge in [0.05, 0.1) is 39.1 Å². The molecule has 2 aliphatic carbocycles.